The number of rotatable bonds is 4. The fraction of sp³-hybridized carbons (Fsp3) is 0.917. The van der Waals surface area contributed by atoms with Crippen LogP contribution in [0.15, 0.2) is 0 Å². The van der Waals surface area contributed by atoms with Gasteiger partial charge in [0.15, 0.2) is 0 Å². The molecule has 29 heavy (non-hydrogen) atoms. The van der Waals surface area contributed by atoms with Crippen LogP contribution in [0.5, 0.6) is 0 Å². The fourth-order valence-corrected chi connectivity index (χ4v) is 8.45. The molecule has 10 atom stereocenters. The van der Waals surface area contributed by atoms with Gasteiger partial charge in [-0.15, -0.1) is 0 Å². The number of aliphatic hydroxyl groups is 2. The molecule has 0 aromatic carbocycles. The van der Waals surface area contributed by atoms with E-state index >= 15 is 0 Å². The molecule has 0 aliphatic heterocycles. The zero-order chi connectivity index (χ0) is 21.1. The summed E-state index contributed by atoms with van der Waals surface area (Å²) < 4.78 is 0. The Balaban J connectivity index is 1.62. The SMILES string of the molecule is C[C@H](CCC(=O)O)[C@H]1C[C@@H](O)[C@H]2[C@@H]3CC[C@@H]4C[C@H](O)CC[C@]4(C)[C@H]3CC(=O)[C@@]21C. The van der Waals surface area contributed by atoms with Crippen molar-refractivity contribution in [2.24, 2.45) is 46.3 Å². The van der Waals surface area contributed by atoms with Crippen LogP contribution in [-0.2, 0) is 9.59 Å². The largest absolute Gasteiger partial charge is 0.481 e. The van der Waals surface area contributed by atoms with Crippen molar-refractivity contribution in [1.82, 2.24) is 0 Å². The van der Waals surface area contributed by atoms with Crippen molar-refractivity contribution in [2.75, 3.05) is 0 Å². The first-order valence-electron chi connectivity index (χ1n) is 11.7. The molecule has 5 heteroatoms. The molecular weight excluding hydrogens is 368 g/mol. The Hall–Kier alpha value is -0.940. The Morgan fingerprint density at radius 1 is 1.17 bits per heavy atom. The molecule has 4 aliphatic carbocycles. The average Bonchev–Trinajstić information content (AvgIpc) is 2.94. The summed E-state index contributed by atoms with van der Waals surface area (Å²) in [6, 6.07) is 0. The van der Waals surface area contributed by atoms with Gasteiger partial charge in [-0.1, -0.05) is 20.8 Å². The molecule has 0 radical (unpaired) electrons. The molecule has 0 spiro atoms. The number of carboxylic acids is 1. The highest BCUT2D eigenvalue weighted by atomic mass is 16.4. The van der Waals surface area contributed by atoms with Gasteiger partial charge in [0.1, 0.15) is 5.78 Å². The van der Waals surface area contributed by atoms with Gasteiger partial charge in [0.25, 0.3) is 0 Å². The van der Waals surface area contributed by atoms with E-state index in [9.17, 15) is 19.8 Å². The van der Waals surface area contributed by atoms with Crippen LogP contribution >= 0.6 is 0 Å². The molecule has 0 amide bonds. The molecular formula is C24H38O5. The number of hydrogen-bond donors (Lipinski definition) is 3. The maximum absolute atomic E-state index is 13.7. The third-order valence-electron chi connectivity index (χ3n) is 10.1. The second-order valence-corrected chi connectivity index (χ2v) is 11.2. The molecule has 4 rings (SSSR count). The quantitative estimate of drug-likeness (QED) is 0.662. The van der Waals surface area contributed by atoms with E-state index in [-0.39, 0.29) is 35.7 Å². The highest BCUT2D eigenvalue weighted by Gasteiger charge is 2.66. The number of Topliss-reactive ketones (excluding diaryl/α,β-unsaturated/α-hetero) is 1. The predicted molar refractivity (Wildman–Crippen MR) is 109 cm³/mol. The standard InChI is InChI=1S/C24H38O5/c1-13(4-7-21(28)29)17-11-19(26)22-16-6-5-14-10-15(25)8-9-23(14,2)18(16)12-20(27)24(17,22)3/h13-19,22,25-26H,4-12H2,1-3H3,(H,28,29)/t13-,14-,15-,16-,17-,18+,19-,22-,23+,24+/m1/s1. The van der Waals surface area contributed by atoms with Crippen LogP contribution in [0, 0.1) is 46.3 Å². The maximum atomic E-state index is 13.7. The van der Waals surface area contributed by atoms with Crippen LogP contribution in [0.1, 0.15) is 78.6 Å². The van der Waals surface area contributed by atoms with E-state index in [0.717, 1.165) is 32.1 Å². The molecule has 4 aliphatic rings. The third-order valence-corrected chi connectivity index (χ3v) is 10.1. The lowest BCUT2D eigenvalue weighted by molar-refractivity contribution is -0.166. The minimum Gasteiger partial charge on any atom is -0.481 e. The first-order chi connectivity index (χ1) is 13.6. The van der Waals surface area contributed by atoms with Crippen molar-refractivity contribution in [3.63, 3.8) is 0 Å². The zero-order valence-corrected chi connectivity index (χ0v) is 18.1. The Labute approximate surface area is 174 Å². The Kier molecular flexibility index (Phi) is 5.39. The number of carboxylic acid groups (broad SMARTS) is 1. The summed E-state index contributed by atoms with van der Waals surface area (Å²) in [7, 11) is 0. The number of aliphatic hydroxyl groups excluding tert-OH is 2. The van der Waals surface area contributed by atoms with E-state index in [1.54, 1.807) is 0 Å². The second kappa shape index (κ2) is 7.33. The predicted octanol–water partition coefficient (Wildman–Crippen LogP) is 3.66. The average molecular weight is 407 g/mol. The molecule has 0 heterocycles. The minimum absolute atomic E-state index is 0.00402. The molecule has 5 nitrogen and oxygen atoms in total. The second-order valence-electron chi connectivity index (χ2n) is 11.2. The first kappa shape index (κ1) is 21.3. The summed E-state index contributed by atoms with van der Waals surface area (Å²) in [5, 5.41) is 30.4. The van der Waals surface area contributed by atoms with Crippen LogP contribution in [0.4, 0.5) is 0 Å². The summed E-state index contributed by atoms with van der Waals surface area (Å²) in [6.07, 6.45) is 6.01. The van der Waals surface area contributed by atoms with Crippen LogP contribution in [0.3, 0.4) is 0 Å². The highest BCUT2D eigenvalue weighted by Crippen LogP contribution is 2.67. The molecule has 0 unspecified atom stereocenters. The number of ketones is 1. The first-order valence-corrected chi connectivity index (χ1v) is 11.7. The Bertz CT molecular complexity index is 676. The lowest BCUT2D eigenvalue weighted by Crippen LogP contribution is -2.58. The summed E-state index contributed by atoms with van der Waals surface area (Å²) in [4.78, 5) is 24.7. The van der Waals surface area contributed by atoms with Gasteiger partial charge in [0.2, 0.25) is 0 Å². The van der Waals surface area contributed by atoms with Gasteiger partial charge in [-0.2, -0.15) is 0 Å². The molecule has 3 N–H and O–H groups in total. The van der Waals surface area contributed by atoms with E-state index in [1.807, 2.05) is 0 Å². The van der Waals surface area contributed by atoms with Gasteiger partial charge in [-0.05, 0) is 80.0 Å². The number of carbonyl (C=O) groups excluding carboxylic acids is 1. The summed E-state index contributed by atoms with van der Waals surface area (Å²) in [5.41, 5.74) is -0.443. The van der Waals surface area contributed by atoms with E-state index in [4.69, 9.17) is 5.11 Å². The van der Waals surface area contributed by atoms with Gasteiger partial charge in [-0.3, -0.25) is 9.59 Å². The van der Waals surface area contributed by atoms with E-state index in [1.165, 1.54) is 0 Å². The summed E-state index contributed by atoms with van der Waals surface area (Å²) in [6.45, 7) is 6.48. The maximum Gasteiger partial charge on any atom is 0.303 e. The normalized spacial score (nSPS) is 50.4. The van der Waals surface area contributed by atoms with Crippen LogP contribution in [-0.4, -0.2) is 39.3 Å². The van der Waals surface area contributed by atoms with E-state index < -0.39 is 17.5 Å². The van der Waals surface area contributed by atoms with Crippen LogP contribution in [0.25, 0.3) is 0 Å². The molecule has 4 fully saturated rings. The van der Waals surface area contributed by atoms with Gasteiger partial charge < -0.3 is 15.3 Å². The van der Waals surface area contributed by atoms with Crippen molar-refractivity contribution < 1.29 is 24.9 Å². The van der Waals surface area contributed by atoms with Crippen LogP contribution < -0.4 is 0 Å². The topological polar surface area (TPSA) is 94.8 Å². The van der Waals surface area contributed by atoms with Crippen molar-refractivity contribution in [3.05, 3.63) is 0 Å². The number of carbonyl (C=O) groups is 2. The number of aliphatic carboxylic acids is 1. The lowest BCUT2D eigenvalue weighted by Gasteiger charge is -2.60. The van der Waals surface area contributed by atoms with E-state index in [2.05, 4.69) is 20.8 Å². The van der Waals surface area contributed by atoms with Gasteiger partial charge in [-0.25, -0.2) is 0 Å². The number of hydrogen-bond acceptors (Lipinski definition) is 4. The highest BCUT2D eigenvalue weighted by molar-refractivity contribution is 5.87. The third kappa shape index (κ3) is 3.18. The fourth-order valence-electron chi connectivity index (χ4n) is 8.45. The molecule has 0 aromatic rings. The Morgan fingerprint density at radius 2 is 1.90 bits per heavy atom. The van der Waals surface area contributed by atoms with Crippen molar-refractivity contribution in [1.29, 1.82) is 0 Å². The van der Waals surface area contributed by atoms with Crippen molar-refractivity contribution >= 4 is 11.8 Å². The molecule has 164 valence electrons. The summed E-state index contributed by atoms with van der Waals surface area (Å²) >= 11 is 0. The lowest BCUT2D eigenvalue weighted by atomic mass is 9.44. The van der Waals surface area contributed by atoms with Gasteiger partial charge in [0, 0.05) is 24.2 Å². The summed E-state index contributed by atoms with van der Waals surface area (Å²) in [5.74, 6) is 0.826. The minimum atomic E-state index is -0.794. The van der Waals surface area contributed by atoms with Crippen molar-refractivity contribution in [3.8, 4) is 0 Å². The van der Waals surface area contributed by atoms with Crippen LogP contribution in [0.2, 0.25) is 0 Å². The molecule has 4 saturated carbocycles. The molecule has 0 bridgehead atoms. The number of fused-ring (bicyclic) bond motifs is 5. The monoisotopic (exact) mass is 406 g/mol. The zero-order valence-electron chi connectivity index (χ0n) is 18.1. The van der Waals surface area contributed by atoms with Crippen molar-refractivity contribution in [2.45, 2.75) is 90.8 Å². The Morgan fingerprint density at radius 3 is 2.59 bits per heavy atom. The van der Waals surface area contributed by atoms with Gasteiger partial charge in [0.05, 0.1) is 12.2 Å². The van der Waals surface area contributed by atoms with Gasteiger partial charge >= 0.3 is 5.97 Å². The smallest absolute Gasteiger partial charge is 0.303 e. The molecule has 0 saturated heterocycles. The molecule has 0 aromatic heterocycles. The van der Waals surface area contributed by atoms with E-state index in [0.29, 0.717) is 42.8 Å².